The number of nitrogens with one attached hydrogen (secondary N) is 1. The predicted molar refractivity (Wildman–Crippen MR) is 65.8 cm³/mol. The number of aromatic nitrogens is 1. The third-order valence-corrected chi connectivity index (χ3v) is 2.52. The highest BCUT2D eigenvalue weighted by molar-refractivity contribution is 5.98. The van der Waals surface area contributed by atoms with E-state index in [2.05, 4.69) is 10.3 Å². The van der Waals surface area contributed by atoms with E-state index in [4.69, 9.17) is 5.11 Å². The van der Waals surface area contributed by atoms with Gasteiger partial charge in [-0.25, -0.2) is 0 Å². The molecule has 0 aliphatic heterocycles. The minimum atomic E-state index is -0.114. The fraction of sp³-hybridized carbons (Fsp3) is 0.231. The number of fused-ring (bicyclic) bond motifs is 1. The van der Waals surface area contributed by atoms with E-state index < -0.39 is 0 Å². The van der Waals surface area contributed by atoms with Gasteiger partial charge in [0.25, 0.3) is 5.91 Å². The molecule has 1 amide bonds. The molecular formula is C13H14N2O2. The van der Waals surface area contributed by atoms with Crippen molar-refractivity contribution in [3.05, 3.63) is 42.2 Å². The number of nitrogens with zero attached hydrogens (tertiary/aromatic N) is 1. The lowest BCUT2D eigenvalue weighted by Gasteiger charge is -2.05. The van der Waals surface area contributed by atoms with Gasteiger partial charge in [-0.1, -0.05) is 6.07 Å². The highest BCUT2D eigenvalue weighted by Crippen LogP contribution is 2.14. The Morgan fingerprint density at radius 1 is 1.29 bits per heavy atom. The molecule has 4 heteroatoms. The van der Waals surface area contributed by atoms with Crippen LogP contribution in [0.3, 0.4) is 0 Å². The topological polar surface area (TPSA) is 62.2 Å². The number of benzene rings is 1. The van der Waals surface area contributed by atoms with Gasteiger partial charge < -0.3 is 10.4 Å². The van der Waals surface area contributed by atoms with Crippen molar-refractivity contribution in [3.8, 4) is 0 Å². The molecule has 88 valence electrons. The van der Waals surface area contributed by atoms with E-state index in [1.54, 1.807) is 18.5 Å². The molecule has 0 spiro atoms. The number of pyridine rings is 1. The van der Waals surface area contributed by atoms with Gasteiger partial charge >= 0.3 is 0 Å². The Bertz CT molecular complexity index is 526. The molecule has 2 rings (SSSR count). The Kier molecular flexibility index (Phi) is 3.67. The Morgan fingerprint density at radius 3 is 3.00 bits per heavy atom. The molecule has 0 saturated carbocycles. The Labute approximate surface area is 99.3 Å². The average Bonchev–Trinajstić information content (AvgIpc) is 2.38. The summed E-state index contributed by atoms with van der Waals surface area (Å²) >= 11 is 0. The summed E-state index contributed by atoms with van der Waals surface area (Å²) in [5.74, 6) is -0.114. The van der Waals surface area contributed by atoms with Crippen molar-refractivity contribution in [3.63, 3.8) is 0 Å². The lowest BCUT2D eigenvalue weighted by atomic mass is 10.1. The second-order valence-electron chi connectivity index (χ2n) is 3.77. The molecule has 0 unspecified atom stereocenters. The zero-order valence-electron chi connectivity index (χ0n) is 9.39. The number of amides is 1. The second kappa shape index (κ2) is 5.41. The summed E-state index contributed by atoms with van der Waals surface area (Å²) in [4.78, 5) is 15.8. The van der Waals surface area contributed by atoms with Gasteiger partial charge in [0.2, 0.25) is 0 Å². The van der Waals surface area contributed by atoms with E-state index in [1.165, 1.54) is 0 Å². The van der Waals surface area contributed by atoms with Crippen molar-refractivity contribution < 1.29 is 9.90 Å². The van der Waals surface area contributed by atoms with Crippen molar-refractivity contribution >= 4 is 16.7 Å². The van der Waals surface area contributed by atoms with Crippen LogP contribution in [-0.2, 0) is 0 Å². The number of aliphatic hydroxyl groups is 1. The molecule has 0 aliphatic rings. The quantitative estimate of drug-likeness (QED) is 0.779. The van der Waals surface area contributed by atoms with Crippen molar-refractivity contribution in [2.45, 2.75) is 6.42 Å². The minimum absolute atomic E-state index is 0.0870. The van der Waals surface area contributed by atoms with Crippen LogP contribution in [0.2, 0.25) is 0 Å². The minimum Gasteiger partial charge on any atom is -0.396 e. The van der Waals surface area contributed by atoms with Gasteiger partial charge in [0.05, 0.1) is 0 Å². The normalized spacial score (nSPS) is 10.4. The molecule has 17 heavy (non-hydrogen) atoms. The summed E-state index contributed by atoms with van der Waals surface area (Å²) in [6.07, 6.45) is 4.04. The fourth-order valence-electron chi connectivity index (χ4n) is 1.61. The molecular weight excluding hydrogens is 216 g/mol. The van der Waals surface area contributed by atoms with Gasteiger partial charge in [0.1, 0.15) is 0 Å². The number of rotatable bonds is 4. The van der Waals surface area contributed by atoms with Crippen LogP contribution in [0.15, 0.2) is 36.7 Å². The monoisotopic (exact) mass is 230 g/mol. The molecule has 1 heterocycles. The van der Waals surface area contributed by atoms with Gasteiger partial charge in [-0.2, -0.15) is 0 Å². The van der Waals surface area contributed by atoms with Crippen molar-refractivity contribution in [1.29, 1.82) is 0 Å². The number of hydrogen-bond donors (Lipinski definition) is 2. The fourth-order valence-corrected chi connectivity index (χ4v) is 1.61. The van der Waals surface area contributed by atoms with E-state index >= 15 is 0 Å². The maximum atomic E-state index is 11.8. The van der Waals surface area contributed by atoms with Crippen LogP contribution in [0.1, 0.15) is 16.8 Å². The summed E-state index contributed by atoms with van der Waals surface area (Å²) in [6.45, 7) is 0.577. The summed E-state index contributed by atoms with van der Waals surface area (Å²) in [6, 6.07) is 7.37. The first-order valence-corrected chi connectivity index (χ1v) is 5.54. The zero-order chi connectivity index (χ0) is 12.1. The van der Waals surface area contributed by atoms with Gasteiger partial charge in [-0.3, -0.25) is 9.78 Å². The number of aliphatic hydroxyl groups excluding tert-OH is 1. The molecule has 0 radical (unpaired) electrons. The maximum Gasteiger partial charge on any atom is 0.251 e. The van der Waals surface area contributed by atoms with Gasteiger partial charge in [-0.15, -0.1) is 0 Å². The number of carbonyl (C=O) groups is 1. The van der Waals surface area contributed by atoms with E-state index in [1.807, 2.05) is 18.2 Å². The Morgan fingerprint density at radius 2 is 2.18 bits per heavy atom. The molecule has 0 saturated heterocycles. The first-order valence-electron chi connectivity index (χ1n) is 5.54. The molecule has 0 fully saturated rings. The van der Waals surface area contributed by atoms with Crippen LogP contribution < -0.4 is 5.32 Å². The first kappa shape index (κ1) is 11.5. The molecule has 2 aromatic rings. The standard InChI is InChI=1S/C13H14N2O2/c16-7-1-5-15-13(17)11-2-3-12-9-14-6-4-10(12)8-11/h2-4,6,8-9,16H,1,5,7H2,(H,15,17). The molecule has 0 atom stereocenters. The van der Waals surface area contributed by atoms with Crippen LogP contribution in [0.4, 0.5) is 0 Å². The van der Waals surface area contributed by atoms with Crippen LogP contribution in [-0.4, -0.2) is 29.1 Å². The number of hydrogen-bond acceptors (Lipinski definition) is 3. The van der Waals surface area contributed by atoms with E-state index in [-0.39, 0.29) is 12.5 Å². The third-order valence-electron chi connectivity index (χ3n) is 2.52. The van der Waals surface area contributed by atoms with Crippen LogP contribution in [0.25, 0.3) is 10.8 Å². The highest BCUT2D eigenvalue weighted by atomic mass is 16.3. The van der Waals surface area contributed by atoms with Crippen molar-refractivity contribution in [2.24, 2.45) is 0 Å². The van der Waals surface area contributed by atoms with E-state index in [0.717, 1.165) is 10.8 Å². The van der Waals surface area contributed by atoms with E-state index in [9.17, 15) is 4.79 Å². The van der Waals surface area contributed by atoms with Gasteiger partial charge in [0.15, 0.2) is 0 Å². The van der Waals surface area contributed by atoms with Crippen LogP contribution in [0.5, 0.6) is 0 Å². The molecule has 1 aromatic heterocycles. The Hall–Kier alpha value is -1.94. The summed E-state index contributed by atoms with van der Waals surface area (Å²) in [7, 11) is 0. The van der Waals surface area contributed by atoms with Crippen molar-refractivity contribution in [2.75, 3.05) is 13.2 Å². The highest BCUT2D eigenvalue weighted by Gasteiger charge is 2.05. The lowest BCUT2D eigenvalue weighted by Crippen LogP contribution is -2.24. The lowest BCUT2D eigenvalue weighted by molar-refractivity contribution is 0.0951. The molecule has 0 bridgehead atoms. The van der Waals surface area contributed by atoms with Crippen molar-refractivity contribution in [1.82, 2.24) is 10.3 Å². The van der Waals surface area contributed by atoms with E-state index in [0.29, 0.717) is 18.5 Å². The second-order valence-corrected chi connectivity index (χ2v) is 3.77. The first-order chi connectivity index (χ1) is 8.31. The average molecular weight is 230 g/mol. The van der Waals surface area contributed by atoms with Crippen LogP contribution >= 0.6 is 0 Å². The smallest absolute Gasteiger partial charge is 0.251 e. The SMILES string of the molecule is O=C(NCCCO)c1ccc2cnccc2c1. The number of carbonyl (C=O) groups excluding carboxylic acids is 1. The summed E-state index contributed by atoms with van der Waals surface area (Å²) in [5, 5.41) is 13.4. The van der Waals surface area contributed by atoms with Crippen LogP contribution in [0, 0.1) is 0 Å². The van der Waals surface area contributed by atoms with Gasteiger partial charge in [0, 0.05) is 36.5 Å². The largest absolute Gasteiger partial charge is 0.396 e. The molecule has 4 nitrogen and oxygen atoms in total. The predicted octanol–water partition coefficient (Wildman–Crippen LogP) is 1.35. The summed E-state index contributed by atoms with van der Waals surface area (Å²) < 4.78 is 0. The third kappa shape index (κ3) is 2.79. The zero-order valence-corrected chi connectivity index (χ0v) is 9.39. The molecule has 2 N–H and O–H groups in total. The molecule has 0 aliphatic carbocycles. The van der Waals surface area contributed by atoms with Gasteiger partial charge in [-0.05, 0) is 30.0 Å². The summed E-state index contributed by atoms with van der Waals surface area (Å²) in [5.41, 5.74) is 0.627. The molecule has 1 aromatic carbocycles. The Balaban J connectivity index is 2.15. The maximum absolute atomic E-state index is 11.8.